The zero-order chi connectivity index (χ0) is 12.0. The van der Waals surface area contributed by atoms with Crippen LogP contribution in [0, 0.1) is 29.1 Å². The number of fused-ring (bicyclic) bond motifs is 1. The summed E-state index contributed by atoms with van der Waals surface area (Å²) in [6.45, 7) is 2.26. The van der Waals surface area contributed by atoms with Crippen molar-refractivity contribution < 1.29 is 9.90 Å². The minimum Gasteiger partial charge on any atom is -0.481 e. The fraction of sp³-hybridized carbons (Fsp3) is 0.933. The van der Waals surface area contributed by atoms with Gasteiger partial charge in [0, 0.05) is 0 Å². The Morgan fingerprint density at radius 1 is 1.24 bits per heavy atom. The summed E-state index contributed by atoms with van der Waals surface area (Å²) >= 11 is 0. The van der Waals surface area contributed by atoms with Gasteiger partial charge in [-0.05, 0) is 55.8 Å². The highest BCUT2D eigenvalue weighted by atomic mass is 16.4. The molecule has 96 valence electrons. The summed E-state index contributed by atoms with van der Waals surface area (Å²) < 4.78 is 0. The van der Waals surface area contributed by atoms with E-state index in [2.05, 4.69) is 6.92 Å². The standard InChI is InChI=1S/C15H24O2/c1-2-10-4-3-5-13(6-10)15(14(16)17)8-11-7-12(11)9-15/h10-13H,2-9H2,1H3,(H,16,17). The minimum atomic E-state index is -0.480. The van der Waals surface area contributed by atoms with Crippen LogP contribution in [-0.2, 0) is 4.79 Å². The van der Waals surface area contributed by atoms with E-state index in [0.29, 0.717) is 5.92 Å². The van der Waals surface area contributed by atoms with E-state index in [1.165, 1.54) is 38.5 Å². The Bertz CT molecular complexity index is 313. The molecule has 0 saturated heterocycles. The average molecular weight is 236 g/mol. The molecule has 0 aromatic carbocycles. The van der Waals surface area contributed by atoms with Crippen molar-refractivity contribution in [1.82, 2.24) is 0 Å². The third-order valence-electron chi connectivity index (χ3n) is 5.89. The van der Waals surface area contributed by atoms with E-state index >= 15 is 0 Å². The van der Waals surface area contributed by atoms with Crippen LogP contribution in [0.2, 0.25) is 0 Å². The third kappa shape index (κ3) is 1.80. The van der Waals surface area contributed by atoms with Gasteiger partial charge >= 0.3 is 5.97 Å². The van der Waals surface area contributed by atoms with E-state index in [1.54, 1.807) is 0 Å². The summed E-state index contributed by atoms with van der Waals surface area (Å²) in [4.78, 5) is 11.8. The molecule has 3 aliphatic carbocycles. The van der Waals surface area contributed by atoms with Crippen LogP contribution in [0.15, 0.2) is 0 Å². The molecule has 3 rings (SSSR count). The van der Waals surface area contributed by atoms with Crippen molar-refractivity contribution in [3.63, 3.8) is 0 Å². The van der Waals surface area contributed by atoms with Gasteiger partial charge in [0.25, 0.3) is 0 Å². The first-order valence-electron chi connectivity index (χ1n) is 7.39. The van der Waals surface area contributed by atoms with Crippen LogP contribution in [0.25, 0.3) is 0 Å². The smallest absolute Gasteiger partial charge is 0.309 e. The minimum absolute atomic E-state index is 0.318. The lowest BCUT2D eigenvalue weighted by atomic mass is 9.63. The lowest BCUT2D eigenvalue weighted by Gasteiger charge is -2.40. The zero-order valence-corrected chi connectivity index (χ0v) is 10.8. The lowest BCUT2D eigenvalue weighted by molar-refractivity contribution is -0.154. The second-order valence-corrected chi connectivity index (χ2v) is 6.76. The van der Waals surface area contributed by atoms with Crippen molar-refractivity contribution in [2.75, 3.05) is 0 Å². The van der Waals surface area contributed by atoms with E-state index in [-0.39, 0.29) is 5.41 Å². The van der Waals surface area contributed by atoms with E-state index in [0.717, 1.165) is 30.6 Å². The Balaban J connectivity index is 1.77. The van der Waals surface area contributed by atoms with Gasteiger partial charge in [-0.1, -0.05) is 26.2 Å². The van der Waals surface area contributed by atoms with Gasteiger partial charge < -0.3 is 5.11 Å². The fourth-order valence-corrected chi connectivity index (χ4v) is 4.68. The van der Waals surface area contributed by atoms with Gasteiger partial charge in [-0.2, -0.15) is 0 Å². The van der Waals surface area contributed by atoms with E-state index < -0.39 is 5.97 Å². The second-order valence-electron chi connectivity index (χ2n) is 6.76. The Hall–Kier alpha value is -0.530. The highest BCUT2D eigenvalue weighted by molar-refractivity contribution is 5.76. The number of hydrogen-bond acceptors (Lipinski definition) is 1. The molecule has 0 radical (unpaired) electrons. The van der Waals surface area contributed by atoms with Gasteiger partial charge in [0.2, 0.25) is 0 Å². The van der Waals surface area contributed by atoms with E-state index in [1.807, 2.05) is 0 Å². The Labute approximate surface area is 104 Å². The molecule has 4 atom stereocenters. The summed E-state index contributed by atoms with van der Waals surface area (Å²) in [7, 11) is 0. The molecule has 3 fully saturated rings. The molecular formula is C15H24O2. The Kier molecular flexibility index (Phi) is 2.72. The summed E-state index contributed by atoms with van der Waals surface area (Å²) in [5.41, 5.74) is -0.318. The van der Waals surface area contributed by atoms with Crippen LogP contribution in [0.5, 0.6) is 0 Å². The van der Waals surface area contributed by atoms with Crippen LogP contribution in [0.3, 0.4) is 0 Å². The number of carboxylic acids is 1. The monoisotopic (exact) mass is 236 g/mol. The number of carboxylic acid groups (broad SMARTS) is 1. The molecule has 1 N–H and O–H groups in total. The summed E-state index contributed by atoms with van der Waals surface area (Å²) in [5.74, 6) is 2.33. The molecule has 0 aliphatic heterocycles. The number of hydrogen-bond donors (Lipinski definition) is 1. The van der Waals surface area contributed by atoms with Gasteiger partial charge in [0.05, 0.1) is 5.41 Å². The van der Waals surface area contributed by atoms with Crippen molar-refractivity contribution >= 4 is 5.97 Å². The molecule has 0 amide bonds. The van der Waals surface area contributed by atoms with Crippen LogP contribution in [0.4, 0.5) is 0 Å². The molecule has 0 heterocycles. The molecule has 0 aromatic heterocycles. The van der Waals surface area contributed by atoms with Gasteiger partial charge in [0.15, 0.2) is 0 Å². The van der Waals surface area contributed by atoms with Gasteiger partial charge in [0.1, 0.15) is 0 Å². The Morgan fingerprint density at radius 2 is 1.94 bits per heavy atom. The van der Waals surface area contributed by atoms with Crippen molar-refractivity contribution in [2.45, 2.75) is 58.3 Å². The molecule has 3 saturated carbocycles. The first-order valence-corrected chi connectivity index (χ1v) is 7.39. The summed E-state index contributed by atoms with van der Waals surface area (Å²) in [6, 6.07) is 0. The second kappa shape index (κ2) is 4.00. The van der Waals surface area contributed by atoms with Crippen LogP contribution in [0.1, 0.15) is 58.3 Å². The SMILES string of the molecule is CCC1CCCC(C2(C(=O)O)CC3CC3C2)C1. The first-order chi connectivity index (χ1) is 8.15. The van der Waals surface area contributed by atoms with Crippen molar-refractivity contribution in [1.29, 1.82) is 0 Å². The first kappa shape index (κ1) is 11.6. The molecule has 0 spiro atoms. The Morgan fingerprint density at radius 3 is 2.53 bits per heavy atom. The fourth-order valence-electron chi connectivity index (χ4n) is 4.68. The average Bonchev–Trinajstić information content (AvgIpc) is 2.96. The number of carbonyl (C=O) groups is 1. The molecule has 17 heavy (non-hydrogen) atoms. The molecule has 4 unspecified atom stereocenters. The zero-order valence-electron chi connectivity index (χ0n) is 10.8. The lowest BCUT2D eigenvalue weighted by Crippen LogP contribution is -2.40. The maximum atomic E-state index is 11.8. The molecule has 0 aromatic rings. The number of rotatable bonds is 3. The van der Waals surface area contributed by atoms with Crippen LogP contribution >= 0.6 is 0 Å². The summed E-state index contributed by atoms with van der Waals surface area (Å²) in [5, 5.41) is 9.71. The molecule has 2 nitrogen and oxygen atoms in total. The van der Waals surface area contributed by atoms with Gasteiger partial charge in [-0.15, -0.1) is 0 Å². The van der Waals surface area contributed by atoms with E-state index in [9.17, 15) is 9.90 Å². The quantitative estimate of drug-likeness (QED) is 0.811. The van der Waals surface area contributed by atoms with Gasteiger partial charge in [-0.25, -0.2) is 0 Å². The van der Waals surface area contributed by atoms with E-state index in [4.69, 9.17) is 0 Å². The predicted octanol–water partition coefficient (Wildman–Crippen LogP) is 3.70. The van der Waals surface area contributed by atoms with Crippen molar-refractivity contribution in [3.05, 3.63) is 0 Å². The topological polar surface area (TPSA) is 37.3 Å². The van der Waals surface area contributed by atoms with Crippen molar-refractivity contribution in [3.8, 4) is 0 Å². The van der Waals surface area contributed by atoms with Crippen LogP contribution in [-0.4, -0.2) is 11.1 Å². The number of aliphatic carboxylic acids is 1. The maximum Gasteiger partial charge on any atom is 0.309 e. The maximum absolute atomic E-state index is 11.8. The third-order valence-corrected chi connectivity index (χ3v) is 5.89. The van der Waals surface area contributed by atoms with Crippen molar-refractivity contribution in [2.24, 2.45) is 29.1 Å². The molecule has 0 bridgehead atoms. The highest BCUT2D eigenvalue weighted by Crippen LogP contribution is 2.64. The normalized spacial score (nSPS) is 48.8. The molecule has 3 aliphatic rings. The van der Waals surface area contributed by atoms with Gasteiger partial charge in [-0.3, -0.25) is 4.79 Å². The summed E-state index contributed by atoms with van der Waals surface area (Å²) in [6.07, 6.45) is 9.48. The molecular weight excluding hydrogens is 212 g/mol. The van der Waals surface area contributed by atoms with Crippen LogP contribution < -0.4 is 0 Å². The highest BCUT2D eigenvalue weighted by Gasteiger charge is 2.60. The molecule has 2 heteroatoms. The largest absolute Gasteiger partial charge is 0.481 e. The predicted molar refractivity (Wildman–Crippen MR) is 66.6 cm³/mol.